The number of halogens is 1. The van der Waals surface area contributed by atoms with Gasteiger partial charge in [0, 0.05) is 5.56 Å². The summed E-state index contributed by atoms with van der Waals surface area (Å²) in [5.74, 6) is -0.0312. The van der Waals surface area contributed by atoms with E-state index in [2.05, 4.69) is 9.97 Å². The molecule has 6 heteroatoms. The van der Waals surface area contributed by atoms with Gasteiger partial charge in [-0.25, -0.2) is 14.4 Å². The second-order valence-electron chi connectivity index (χ2n) is 3.03. The van der Waals surface area contributed by atoms with E-state index >= 15 is 0 Å². The van der Waals surface area contributed by atoms with Gasteiger partial charge in [-0.1, -0.05) is 0 Å². The minimum absolute atomic E-state index is 0.175. The van der Waals surface area contributed by atoms with Crippen LogP contribution in [0.3, 0.4) is 0 Å². The summed E-state index contributed by atoms with van der Waals surface area (Å²) in [6, 6.07) is 5.58. The Balaban J connectivity index is 2.34. The van der Waals surface area contributed by atoms with Gasteiger partial charge in [-0.3, -0.25) is 10.1 Å². The Morgan fingerprint density at radius 3 is 2.19 bits per heavy atom. The first-order chi connectivity index (χ1) is 7.66. The summed E-state index contributed by atoms with van der Waals surface area (Å²) in [6.07, 6.45) is 2.23. The lowest BCUT2D eigenvalue weighted by molar-refractivity contribution is -0.385. The monoisotopic (exact) mass is 219 g/mol. The quantitative estimate of drug-likeness (QED) is 0.573. The van der Waals surface area contributed by atoms with Crippen molar-refractivity contribution in [3.05, 3.63) is 52.6 Å². The van der Waals surface area contributed by atoms with Crippen molar-refractivity contribution in [1.29, 1.82) is 0 Å². The summed E-state index contributed by atoms with van der Waals surface area (Å²) in [6.45, 7) is 0. The topological polar surface area (TPSA) is 68.9 Å². The molecule has 2 aromatic rings. The first kappa shape index (κ1) is 10.2. The van der Waals surface area contributed by atoms with E-state index in [1.165, 1.54) is 24.3 Å². The number of hydrogen-bond donors (Lipinski definition) is 0. The van der Waals surface area contributed by atoms with Gasteiger partial charge in [0.2, 0.25) is 0 Å². The average molecular weight is 219 g/mol. The van der Waals surface area contributed by atoms with Crippen molar-refractivity contribution in [2.24, 2.45) is 0 Å². The molecule has 1 heterocycles. The van der Waals surface area contributed by atoms with Crippen molar-refractivity contribution in [1.82, 2.24) is 9.97 Å². The smallest absolute Gasteiger partial charge is 0.258 e. The van der Waals surface area contributed by atoms with Crippen LogP contribution in [0.2, 0.25) is 0 Å². The SMILES string of the molecule is O=[N+]([O-])c1cnc(-c2ccc(F)cc2)nc1. The van der Waals surface area contributed by atoms with Crippen LogP contribution < -0.4 is 0 Å². The standard InChI is InChI=1S/C10H6FN3O2/c11-8-3-1-7(2-4-8)10-12-5-9(6-13-10)14(15)16/h1-6H. The number of nitrogens with zero attached hydrogens (tertiary/aromatic N) is 3. The van der Waals surface area contributed by atoms with Crippen LogP contribution >= 0.6 is 0 Å². The summed E-state index contributed by atoms with van der Waals surface area (Å²) in [7, 11) is 0. The van der Waals surface area contributed by atoms with Crippen molar-refractivity contribution >= 4 is 5.69 Å². The van der Waals surface area contributed by atoms with E-state index in [0.29, 0.717) is 11.4 Å². The summed E-state index contributed by atoms with van der Waals surface area (Å²) in [5, 5.41) is 10.4. The Morgan fingerprint density at radius 2 is 1.69 bits per heavy atom. The van der Waals surface area contributed by atoms with Gasteiger partial charge in [0.1, 0.15) is 18.2 Å². The minimum Gasteiger partial charge on any atom is -0.258 e. The highest BCUT2D eigenvalue weighted by molar-refractivity contribution is 5.54. The zero-order valence-electron chi connectivity index (χ0n) is 8.00. The van der Waals surface area contributed by atoms with Gasteiger partial charge >= 0.3 is 5.69 Å². The third kappa shape index (κ3) is 2.00. The molecule has 0 amide bonds. The Labute approximate surface area is 89.7 Å². The molecule has 0 saturated carbocycles. The largest absolute Gasteiger partial charge is 0.305 e. The Kier molecular flexibility index (Phi) is 2.55. The molecular weight excluding hydrogens is 213 g/mol. The Bertz CT molecular complexity index is 511. The zero-order chi connectivity index (χ0) is 11.5. The van der Waals surface area contributed by atoms with Gasteiger partial charge in [-0.05, 0) is 24.3 Å². The fourth-order valence-corrected chi connectivity index (χ4v) is 1.16. The number of rotatable bonds is 2. The molecule has 1 aromatic carbocycles. The highest BCUT2D eigenvalue weighted by Crippen LogP contribution is 2.16. The molecule has 1 aromatic heterocycles. The Hall–Kier alpha value is -2.37. The first-order valence-corrected chi connectivity index (χ1v) is 4.39. The van der Waals surface area contributed by atoms with Crippen molar-refractivity contribution in [3.63, 3.8) is 0 Å². The maximum Gasteiger partial charge on any atom is 0.305 e. The zero-order valence-corrected chi connectivity index (χ0v) is 8.00. The molecule has 0 bridgehead atoms. The molecule has 0 unspecified atom stereocenters. The van der Waals surface area contributed by atoms with Gasteiger partial charge in [0.15, 0.2) is 5.82 Å². The molecule has 0 N–H and O–H groups in total. The van der Waals surface area contributed by atoms with Crippen molar-refractivity contribution < 1.29 is 9.31 Å². The fourth-order valence-electron chi connectivity index (χ4n) is 1.16. The van der Waals surface area contributed by atoms with Crippen molar-refractivity contribution in [3.8, 4) is 11.4 Å². The van der Waals surface area contributed by atoms with Crippen LogP contribution in [0.1, 0.15) is 0 Å². The normalized spacial score (nSPS) is 10.1. The summed E-state index contributed by atoms with van der Waals surface area (Å²) in [4.78, 5) is 17.4. The van der Waals surface area contributed by atoms with Crippen LogP contribution in [0.5, 0.6) is 0 Å². The van der Waals surface area contributed by atoms with Gasteiger partial charge in [-0.2, -0.15) is 0 Å². The molecule has 0 radical (unpaired) electrons. The van der Waals surface area contributed by atoms with Crippen LogP contribution in [-0.2, 0) is 0 Å². The molecule has 0 aliphatic carbocycles. The molecule has 5 nitrogen and oxygen atoms in total. The third-order valence-electron chi connectivity index (χ3n) is 1.95. The number of hydrogen-bond acceptors (Lipinski definition) is 4. The van der Waals surface area contributed by atoms with Crippen LogP contribution in [0, 0.1) is 15.9 Å². The molecule has 16 heavy (non-hydrogen) atoms. The van der Waals surface area contributed by atoms with Gasteiger partial charge in [0.25, 0.3) is 0 Å². The van der Waals surface area contributed by atoms with Gasteiger partial charge < -0.3 is 0 Å². The van der Waals surface area contributed by atoms with E-state index in [1.54, 1.807) is 0 Å². The highest BCUT2D eigenvalue weighted by atomic mass is 19.1. The van der Waals surface area contributed by atoms with Crippen LogP contribution in [-0.4, -0.2) is 14.9 Å². The van der Waals surface area contributed by atoms with Crippen LogP contribution in [0.25, 0.3) is 11.4 Å². The molecular formula is C10H6FN3O2. The molecule has 0 aliphatic rings. The Morgan fingerprint density at radius 1 is 1.12 bits per heavy atom. The lowest BCUT2D eigenvalue weighted by Crippen LogP contribution is -1.93. The maximum absolute atomic E-state index is 12.6. The predicted octanol–water partition coefficient (Wildman–Crippen LogP) is 2.19. The number of aromatic nitrogens is 2. The second kappa shape index (κ2) is 4.01. The molecule has 0 fully saturated rings. The van der Waals surface area contributed by atoms with E-state index < -0.39 is 4.92 Å². The average Bonchev–Trinajstić information content (AvgIpc) is 2.30. The maximum atomic E-state index is 12.6. The molecule has 0 atom stereocenters. The molecule has 0 aliphatic heterocycles. The number of benzene rings is 1. The fraction of sp³-hybridized carbons (Fsp3) is 0. The second-order valence-corrected chi connectivity index (χ2v) is 3.03. The summed E-state index contributed by atoms with van der Waals surface area (Å²) < 4.78 is 12.6. The van der Waals surface area contributed by atoms with Crippen molar-refractivity contribution in [2.75, 3.05) is 0 Å². The van der Waals surface area contributed by atoms with Crippen molar-refractivity contribution in [2.45, 2.75) is 0 Å². The van der Waals surface area contributed by atoms with E-state index in [1.807, 2.05) is 0 Å². The highest BCUT2D eigenvalue weighted by Gasteiger charge is 2.07. The van der Waals surface area contributed by atoms with E-state index in [-0.39, 0.29) is 11.5 Å². The molecule has 0 saturated heterocycles. The summed E-state index contributed by atoms with van der Waals surface area (Å²) >= 11 is 0. The lowest BCUT2D eigenvalue weighted by atomic mass is 10.2. The third-order valence-corrected chi connectivity index (χ3v) is 1.95. The predicted molar refractivity (Wildman–Crippen MR) is 54.1 cm³/mol. The molecule has 80 valence electrons. The van der Waals surface area contributed by atoms with E-state index in [0.717, 1.165) is 12.4 Å². The summed E-state index contributed by atoms with van der Waals surface area (Å²) in [5.41, 5.74) is 0.433. The lowest BCUT2D eigenvalue weighted by Gasteiger charge is -1.98. The van der Waals surface area contributed by atoms with Crippen LogP contribution in [0.4, 0.5) is 10.1 Å². The van der Waals surface area contributed by atoms with E-state index in [4.69, 9.17) is 0 Å². The minimum atomic E-state index is -0.575. The van der Waals surface area contributed by atoms with Gasteiger partial charge in [-0.15, -0.1) is 0 Å². The van der Waals surface area contributed by atoms with Crippen LogP contribution in [0.15, 0.2) is 36.7 Å². The molecule has 0 spiro atoms. The van der Waals surface area contributed by atoms with Gasteiger partial charge in [0.05, 0.1) is 4.92 Å². The molecule has 2 rings (SSSR count). The number of nitro groups is 1. The first-order valence-electron chi connectivity index (χ1n) is 4.39. The van der Waals surface area contributed by atoms with E-state index in [9.17, 15) is 14.5 Å².